The minimum Gasteiger partial charge on any atom is -0.380 e. The predicted octanol–water partition coefficient (Wildman–Crippen LogP) is 0.479. The molecule has 7 nitrogen and oxygen atoms in total. The Kier molecular flexibility index (Phi) is 5.46. The first-order valence-corrected chi connectivity index (χ1v) is 10.4. The molecule has 3 rings (SSSR count). The van der Waals surface area contributed by atoms with Gasteiger partial charge in [-0.1, -0.05) is 6.07 Å². The summed E-state index contributed by atoms with van der Waals surface area (Å²) in [7, 11) is -3.78. The van der Waals surface area contributed by atoms with Crippen LogP contribution in [0.5, 0.6) is 0 Å². The van der Waals surface area contributed by atoms with E-state index in [-0.39, 0.29) is 10.8 Å². The van der Waals surface area contributed by atoms with Gasteiger partial charge in [0.25, 0.3) is 0 Å². The van der Waals surface area contributed by atoms with Gasteiger partial charge in [0, 0.05) is 35.9 Å². The van der Waals surface area contributed by atoms with Gasteiger partial charge in [0.15, 0.2) is 0 Å². The molecule has 2 aliphatic heterocycles. The molecule has 0 saturated carbocycles. The largest absolute Gasteiger partial charge is 0.380 e. The van der Waals surface area contributed by atoms with E-state index >= 15 is 0 Å². The lowest BCUT2D eigenvalue weighted by Gasteiger charge is -2.43. The molecule has 24 heavy (non-hydrogen) atoms. The number of amides is 1. The van der Waals surface area contributed by atoms with Gasteiger partial charge in [-0.15, -0.1) is 0 Å². The van der Waals surface area contributed by atoms with Gasteiger partial charge in [-0.2, -0.15) is 11.8 Å². The van der Waals surface area contributed by atoms with Gasteiger partial charge in [0.1, 0.15) is 0 Å². The summed E-state index contributed by atoms with van der Waals surface area (Å²) in [6.07, 6.45) is 0.936. The molecular formula is C15H21N3O4S2. The summed E-state index contributed by atoms with van der Waals surface area (Å²) < 4.78 is 28.3. The summed E-state index contributed by atoms with van der Waals surface area (Å²) in [5.74, 6) is 0.831. The molecule has 0 aromatic heterocycles. The first-order chi connectivity index (χ1) is 11.4. The highest BCUT2D eigenvalue weighted by atomic mass is 32.2. The third-order valence-electron chi connectivity index (χ3n) is 4.24. The summed E-state index contributed by atoms with van der Waals surface area (Å²) in [5.41, 5.74) is 0.432. The molecule has 1 aromatic carbocycles. The van der Waals surface area contributed by atoms with Crippen LogP contribution in [0.15, 0.2) is 29.2 Å². The summed E-state index contributed by atoms with van der Waals surface area (Å²) in [5, 5.41) is 8.30. The number of nitrogens with zero attached hydrogens (tertiary/aromatic N) is 1. The lowest BCUT2D eigenvalue weighted by atomic mass is 10.1. The average molecular weight is 371 g/mol. The highest BCUT2D eigenvalue weighted by molar-refractivity contribution is 8.00. The second-order valence-corrected chi connectivity index (χ2v) is 8.84. The second-order valence-electron chi connectivity index (χ2n) is 5.93. The molecule has 2 aliphatic rings. The minimum absolute atomic E-state index is 0.0147. The van der Waals surface area contributed by atoms with E-state index in [2.05, 4.69) is 10.2 Å². The molecule has 0 radical (unpaired) electrons. The average Bonchev–Trinajstić information content (AvgIpc) is 2.54. The Labute approximate surface area is 146 Å². The van der Waals surface area contributed by atoms with Crippen molar-refractivity contribution in [3.05, 3.63) is 24.3 Å². The van der Waals surface area contributed by atoms with Crippen molar-refractivity contribution in [2.75, 3.05) is 37.4 Å². The van der Waals surface area contributed by atoms with Crippen LogP contribution in [0.3, 0.4) is 0 Å². The summed E-state index contributed by atoms with van der Waals surface area (Å²) in [6, 6.07) is 6.34. The topological polar surface area (TPSA) is 102 Å². The van der Waals surface area contributed by atoms with E-state index in [4.69, 9.17) is 9.88 Å². The number of rotatable bonds is 4. The quantitative estimate of drug-likeness (QED) is 0.798. The van der Waals surface area contributed by atoms with E-state index in [1.807, 2.05) is 11.8 Å². The van der Waals surface area contributed by atoms with Crippen molar-refractivity contribution >= 4 is 33.4 Å². The van der Waals surface area contributed by atoms with E-state index < -0.39 is 10.0 Å². The lowest BCUT2D eigenvalue weighted by molar-refractivity contribution is -0.118. The van der Waals surface area contributed by atoms with E-state index in [1.165, 1.54) is 12.1 Å². The second kappa shape index (κ2) is 7.40. The molecule has 2 fully saturated rings. The lowest BCUT2D eigenvalue weighted by Crippen LogP contribution is -2.53. The zero-order chi connectivity index (χ0) is 17.2. The standard InChI is InChI=1S/C15H21N3O4S2/c16-24(20,21)12-3-1-2-11(8-12)17-15(19)9-18-5-7-23-14-10-22-6-4-13(14)18/h1-3,8,13-14H,4-7,9-10H2,(H,17,19)(H2,16,20,21)/t13-,14-/m0/s1. The highest BCUT2D eigenvalue weighted by Gasteiger charge is 2.35. The number of benzene rings is 1. The molecule has 0 unspecified atom stereocenters. The molecule has 9 heteroatoms. The number of sulfonamides is 1. The summed E-state index contributed by atoms with van der Waals surface area (Å²) in [6.45, 7) is 2.64. The number of thioether (sulfide) groups is 1. The Hall–Kier alpha value is -1.13. The van der Waals surface area contributed by atoms with Crippen LogP contribution in [0, 0.1) is 0 Å². The maximum atomic E-state index is 12.3. The maximum Gasteiger partial charge on any atom is 0.238 e. The Morgan fingerprint density at radius 1 is 1.46 bits per heavy atom. The van der Waals surface area contributed by atoms with Crippen molar-refractivity contribution in [1.29, 1.82) is 0 Å². The number of hydrogen-bond acceptors (Lipinski definition) is 6. The molecule has 3 N–H and O–H groups in total. The zero-order valence-electron chi connectivity index (χ0n) is 13.2. The van der Waals surface area contributed by atoms with Gasteiger partial charge >= 0.3 is 0 Å². The van der Waals surface area contributed by atoms with E-state index in [9.17, 15) is 13.2 Å². The molecular weight excluding hydrogens is 350 g/mol. The number of nitrogens with two attached hydrogens (primary N) is 1. The third kappa shape index (κ3) is 4.28. The molecule has 2 atom stereocenters. The van der Waals surface area contributed by atoms with Crippen molar-refractivity contribution in [3.63, 3.8) is 0 Å². The van der Waals surface area contributed by atoms with Crippen molar-refractivity contribution in [3.8, 4) is 0 Å². The summed E-state index contributed by atoms with van der Waals surface area (Å²) in [4.78, 5) is 14.5. The maximum absolute atomic E-state index is 12.3. The number of carbonyl (C=O) groups excluding carboxylic acids is 1. The van der Waals surface area contributed by atoms with Crippen LogP contribution in [-0.4, -0.2) is 62.6 Å². The molecule has 132 valence electrons. The first kappa shape index (κ1) is 17.7. The fourth-order valence-corrected chi connectivity index (χ4v) is 5.02. The highest BCUT2D eigenvalue weighted by Crippen LogP contribution is 2.30. The molecule has 1 aromatic rings. The SMILES string of the molecule is NS(=O)(=O)c1cccc(NC(=O)CN2CCS[C@H]3COCC[C@@H]32)c1. The normalized spacial score (nSPS) is 25.0. The molecule has 2 saturated heterocycles. The summed E-state index contributed by atoms with van der Waals surface area (Å²) >= 11 is 1.91. The van der Waals surface area contributed by atoms with Crippen LogP contribution in [0.2, 0.25) is 0 Å². The Bertz CT molecular complexity index is 708. The molecule has 1 amide bonds. The van der Waals surface area contributed by atoms with Gasteiger partial charge in [-0.05, 0) is 24.6 Å². The smallest absolute Gasteiger partial charge is 0.238 e. The minimum atomic E-state index is -3.78. The van der Waals surface area contributed by atoms with Crippen molar-refractivity contribution in [2.24, 2.45) is 5.14 Å². The molecule has 2 heterocycles. The van der Waals surface area contributed by atoms with Gasteiger partial charge in [-0.3, -0.25) is 9.69 Å². The molecule has 0 bridgehead atoms. The molecule has 0 spiro atoms. The van der Waals surface area contributed by atoms with Crippen molar-refractivity contribution in [1.82, 2.24) is 4.90 Å². The number of nitrogens with one attached hydrogen (secondary N) is 1. The number of fused-ring (bicyclic) bond motifs is 1. The zero-order valence-corrected chi connectivity index (χ0v) is 14.8. The van der Waals surface area contributed by atoms with Crippen LogP contribution < -0.4 is 10.5 Å². The van der Waals surface area contributed by atoms with Crippen LogP contribution in [0.4, 0.5) is 5.69 Å². The van der Waals surface area contributed by atoms with Gasteiger partial charge in [0.05, 0.1) is 18.0 Å². The van der Waals surface area contributed by atoms with Gasteiger partial charge < -0.3 is 10.1 Å². The Morgan fingerprint density at radius 2 is 2.29 bits per heavy atom. The fraction of sp³-hybridized carbons (Fsp3) is 0.533. The van der Waals surface area contributed by atoms with Crippen molar-refractivity contribution in [2.45, 2.75) is 22.6 Å². The van der Waals surface area contributed by atoms with Crippen LogP contribution >= 0.6 is 11.8 Å². The number of hydrogen-bond donors (Lipinski definition) is 2. The Balaban J connectivity index is 1.63. The first-order valence-electron chi connectivity index (χ1n) is 7.79. The number of primary sulfonamides is 1. The fourth-order valence-electron chi connectivity index (χ4n) is 3.10. The third-order valence-corrected chi connectivity index (χ3v) is 6.45. The van der Waals surface area contributed by atoms with Gasteiger partial charge in [0.2, 0.25) is 15.9 Å². The monoisotopic (exact) mass is 371 g/mol. The predicted molar refractivity (Wildman–Crippen MR) is 93.5 cm³/mol. The van der Waals surface area contributed by atoms with Crippen LogP contribution in [0.25, 0.3) is 0 Å². The van der Waals surface area contributed by atoms with E-state index in [0.29, 0.717) is 23.5 Å². The van der Waals surface area contributed by atoms with Crippen LogP contribution in [0.1, 0.15) is 6.42 Å². The van der Waals surface area contributed by atoms with E-state index in [1.54, 1.807) is 12.1 Å². The van der Waals surface area contributed by atoms with Crippen molar-refractivity contribution < 1.29 is 17.9 Å². The molecule has 0 aliphatic carbocycles. The number of anilines is 1. The van der Waals surface area contributed by atoms with Gasteiger partial charge in [-0.25, -0.2) is 13.6 Å². The van der Waals surface area contributed by atoms with E-state index in [0.717, 1.165) is 31.9 Å². The van der Waals surface area contributed by atoms with Crippen LogP contribution in [-0.2, 0) is 19.6 Å². The number of carbonyl (C=O) groups is 1. The Morgan fingerprint density at radius 3 is 3.08 bits per heavy atom. The number of ether oxygens (including phenoxy) is 1.